The van der Waals surface area contributed by atoms with E-state index >= 15 is 0 Å². The first-order chi connectivity index (χ1) is 12.8. The van der Waals surface area contributed by atoms with E-state index in [0.29, 0.717) is 16.3 Å². The van der Waals surface area contributed by atoms with Gasteiger partial charge in [0.25, 0.3) is 5.91 Å². The molecule has 0 unspecified atom stereocenters. The molecule has 0 radical (unpaired) electrons. The maximum atomic E-state index is 12.3. The molecule has 0 bridgehead atoms. The van der Waals surface area contributed by atoms with E-state index in [9.17, 15) is 9.90 Å². The van der Waals surface area contributed by atoms with Gasteiger partial charge in [-0.05, 0) is 53.1 Å². The number of nitrogens with zero attached hydrogens (tertiary/aromatic N) is 1. The molecule has 0 aromatic heterocycles. The Hall–Kier alpha value is -2.33. The molecule has 0 saturated carbocycles. The number of hydrogen-bond donors (Lipinski definition) is 2. The van der Waals surface area contributed by atoms with Crippen molar-refractivity contribution in [2.24, 2.45) is 5.10 Å². The number of phenolic OH excluding ortho intramolecular Hbond substituents is 1. The van der Waals surface area contributed by atoms with Gasteiger partial charge in [0, 0.05) is 11.1 Å². The smallest absolute Gasteiger partial charge is 0.272 e. The van der Waals surface area contributed by atoms with E-state index in [0.717, 1.165) is 22.3 Å². The second-order valence-corrected chi connectivity index (χ2v) is 9.55. The van der Waals surface area contributed by atoms with Gasteiger partial charge >= 0.3 is 0 Å². The third-order valence-electron chi connectivity index (χ3n) is 4.50. The van der Waals surface area contributed by atoms with Crippen LogP contribution in [-0.2, 0) is 10.8 Å². The van der Waals surface area contributed by atoms with Crippen molar-refractivity contribution in [1.29, 1.82) is 0 Å². The first kappa shape index (κ1) is 22.0. The Balaban J connectivity index is 2.33. The van der Waals surface area contributed by atoms with Crippen LogP contribution in [0.1, 0.15) is 74.2 Å². The summed E-state index contributed by atoms with van der Waals surface area (Å²) in [5.74, 6) is -0.0558. The second kappa shape index (κ2) is 7.96. The average molecular weight is 401 g/mol. The van der Waals surface area contributed by atoms with Crippen LogP contribution < -0.4 is 5.43 Å². The van der Waals surface area contributed by atoms with Crippen molar-refractivity contribution in [3.63, 3.8) is 0 Å². The molecule has 0 aliphatic rings. The fourth-order valence-electron chi connectivity index (χ4n) is 2.90. The highest BCUT2D eigenvalue weighted by Gasteiger charge is 2.26. The lowest BCUT2D eigenvalue weighted by Crippen LogP contribution is -2.19. The number of rotatable bonds is 3. The van der Waals surface area contributed by atoms with Crippen molar-refractivity contribution >= 4 is 23.7 Å². The zero-order chi connectivity index (χ0) is 21.3. The van der Waals surface area contributed by atoms with Gasteiger partial charge < -0.3 is 5.11 Å². The van der Waals surface area contributed by atoms with Gasteiger partial charge in [-0.3, -0.25) is 4.79 Å². The van der Waals surface area contributed by atoms with E-state index in [1.165, 1.54) is 0 Å². The normalized spacial score (nSPS) is 12.4. The van der Waals surface area contributed by atoms with Crippen molar-refractivity contribution in [2.75, 3.05) is 0 Å². The molecule has 28 heavy (non-hydrogen) atoms. The first-order valence-electron chi connectivity index (χ1n) is 9.28. The number of amides is 1. The molecule has 2 N–H and O–H groups in total. The van der Waals surface area contributed by atoms with Gasteiger partial charge in [0.05, 0.1) is 16.8 Å². The first-order valence-corrected chi connectivity index (χ1v) is 9.66. The Morgan fingerprint density at radius 1 is 1.04 bits per heavy atom. The van der Waals surface area contributed by atoms with Crippen molar-refractivity contribution in [2.45, 2.75) is 59.3 Å². The zero-order valence-corrected chi connectivity index (χ0v) is 18.4. The van der Waals surface area contributed by atoms with Crippen molar-refractivity contribution in [1.82, 2.24) is 5.43 Å². The molecule has 1 amide bonds. The van der Waals surface area contributed by atoms with Crippen LogP contribution in [-0.4, -0.2) is 17.2 Å². The molecular weight excluding hydrogens is 372 g/mol. The van der Waals surface area contributed by atoms with Crippen LogP contribution in [0.5, 0.6) is 5.75 Å². The summed E-state index contributed by atoms with van der Waals surface area (Å²) >= 11 is 6.14. The maximum absolute atomic E-state index is 12.3. The predicted molar refractivity (Wildman–Crippen MR) is 117 cm³/mol. The number of aryl methyl sites for hydroxylation is 1. The molecule has 2 aromatic rings. The number of nitrogens with one attached hydrogen (secondary N) is 1. The Bertz CT molecular complexity index is 884. The molecule has 2 aromatic carbocycles. The summed E-state index contributed by atoms with van der Waals surface area (Å²) in [6.07, 6.45) is 1.59. The second-order valence-electron chi connectivity index (χ2n) is 9.15. The Morgan fingerprint density at radius 2 is 1.57 bits per heavy atom. The molecule has 5 heteroatoms. The number of phenols is 1. The van der Waals surface area contributed by atoms with Crippen LogP contribution in [0.2, 0.25) is 5.02 Å². The van der Waals surface area contributed by atoms with Gasteiger partial charge in [0.1, 0.15) is 5.75 Å². The minimum absolute atomic E-state index is 0.230. The van der Waals surface area contributed by atoms with Crippen molar-refractivity contribution in [3.8, 4) is 5.75 Å². The molecule has 0 saturated heterocycles. The number of carbonyl (C=O) groups excluding carboxylic acids is 1. The molecule has 0 spiro atoms. The number of hydrazone groups is 1. The minimum atomic E-state index is -0.368. The van der Waals surface area contributed by atoms with E-state index in [1.54, 1.807) is 18.3 Å². The molecule has 0 heterocycles. The van der Waals surface area contributed by atoms with Gasteiger partial charge in [-0.2, -0.15) is 5.10 Å². The topological polar surface area (TPSA) is 61.7 Å². The van der Waals surface area contributed by atoms with E-state index in [-0.39, 0.29) is 16.7 Å². The fraction of sp³-hybridized carbons (Fsp3) is 0.391. The van der Waals surface area contributed by atoms with Crippen molar-refractivity contribution in [3.05, 3.63) is 63.2 Å². The Morgan fingerprint density at radius 3 is 2.04 bits per heavy atom. The SMILES string of the molecule is Cc1ccc(C(=O)N/N=C\c2cc(C(C)(C)C)c(O)c(C(C)(C)C)c2)c(Cl)c1. The summed E-state index contributed by atoms with van der Waals surface area (Å²) in [4.78, 5) is 12.3. The van der Waals surface area contributed by atoms with E-state index in [2.05, 4.69) is 52.1 Å². The van der Waals surface area contributed by atoms with Crippen LogP contribution in [0.15, 0.2) is 35.4 Å². The van der Waals surface area contributed by atoms with Gasteiger partial charge in [0.2, 0.25) is 0 Å². The van der Waals surface area contributed by atoms with Crippen molar-refractivity contribution < 1.29 is 9.90 Å². The highest BCUT2D eigenvalue weighted by molar-refractivity contribution is 6.33. The summed E-state index contributed by atoms with van der Waals surface area (Å²) in [6.45, 7) is 14.2. The minimum Gasteiger partial charge on any atom is -0.507 e. The third-order valence-corrected chi connectivity index (χ3v) is 4.81. The van der Waals surface area contributed by atoms with Crippen LogP contribution in [0, 0.1) is 6.92 Å². The number of carbonyl (C=O) groups is 1. The number of hydrogen-bond acceptors (Lipinski definition) is 3. The molecule has 0 aliphatic carbocycles. The Labute approximate surface area is 172 Å². The van der Waals surface area contributed by atoms with Gasteiger partial charge in [0.15, 0.2) is 0 Å². The number of benzene rings is 2. The molecule has 0 atom stereocenters. The van der Waals surface area contributed by atoms with Gasteiger partial charge in [-0.1, -0.05) is 59.2 Å². The highest BCUT2D eigenvalue weighted by Crippen LogP contribution is 2.39. The Kier molecular flexibility index (Phi) is 6.24. The quantitative estimate of drug-likeness (QED) is 0.511. The van der Waals surface area contributed by atoms with Gasteiger partial charge in [-0.15, -0.1) is 0 Å². The van der Waals surface area contributed by atoms with E-state index in [1.807, 2.05) is 25.1 Å². The van der Waals surface area contributed by atoms with E-state index < -0.39 is 0 Å². The summed E-state index contributed by atoms with van der Waals surface area (Å²) < 4.78 is 0. The molecule has 0 aliphatic heterocycles. The number of halogens is 1. The lowest BCUT2D eigenvalue weighted by atomic mass is 9.78. The lowest BCUT2D eigenvalue weighted by Gasteiger charge is -2.27. The van der Waals surface area contributed by atoms with E-state index in [4.69, 9.17) is 11.6 Å². The summed E-state index contributed by atoms with van der Waals surface area (Å²) in [5.41, 5.74) is 5.92. The largest absolute Gasteiger partial charge is 0.507 e. The standard InChI is InChI=1S/C23H29ClN2O2/c1-14-8-9-16(19(24)10-14)21(28)26-25-13-15-11-17(22(2,3)4)20(27)18(12-15)23(5,6)7/h8-13,27H,1-7H3,(H,26,28)/b25-13-. The predicted octanol–water partition coefficient (Wildman–Crippen LogP) is 5.71. The summed E-state index contributed by atoms with van der Waals surface area (Å²) in [7, 11) is 0. The van der Waals surface area contributed by atoms with Crippen LogP contribution in [0.3, 0.4) is 0 Å². The highest BCUT2D eigenvalue weighted by atomic mass is 35.5. The summed E-state index contributed by atoms with van der Waals surface area (Å²) in [5, 5.41) is 15.3. The molecule has 0 fully saturated rings. The summed E-state index contributed by atoms with van der Waals surface area (Å²) in [6, 6.07) is 9.05. The van der Waals surface area contributed by atoms with Gasteiger partial charge in [-0.25, -0.2) is 5.43 Å². The fourth-order valence-corrected chi connectivity index (χ4v) is 3.23. The van der Waals surface area contributed by atoms with Crippen LogP contribution in [0.25, 0.3) is 0 Å². The lowest BCUT2D eigenvalue weighted by molar-refractivity contribution is 0.0955. The molecular formula is C23H29ClN2O2. The monoisotopic (exact) mass is 400 g/mol. The van der Waals surface area contributed by atoms with Crippen LogP contribution in [0.4, 0.5) is 0 Å². The maximum Gasteiger partial charge on any atom is 0.272 e. The average Bonchev–Trinajstić information content (AvgIpc) is 2.53. The third kappa shape index (κ3) is 5.14. The molecule has 150 valence electrons. The number of aromatic hydroxyl groups is 1. The molecule has 2 rings (SSSR count). The van der Waals surface area contributed by atoms with Crippen LogP contribution >= 0.6 is 11.6 Å². The molecule has 4 nitrogen and oxygen atoms in total. The zero-order valence-electron chi connectivity index (χ0n) is 17.6.